The van der Waals surface area contributed by atoms with E-state index in [1.165, 1.54) is 6.20 Å². The van der Waals surface area contributed by atoms with Gasteiger partial charge in [-0.1, -0.05) is 4.98 Å². The lowest BCUT2D eigenvalue weighted by molar-refractivity contribution is -0.393. The summed E-state index contributed by atoms with van der Waals surface area (Å²) in [5.41, 5.74) is 0.677. The number of nitrogens with zero attached hydrogens (tertiary/aromatic N) is 2. The highest BCUT2D eigenvalue weighted by atomic mass is 16.6. The van der Waals surface area contributed by atoms with Crippen LogP contribution in [0.1, 0.15) is 12.1 Å². The highest BCUT2D eigenvalue weighted by Gasteiger charge is 2.09. The molecule has 0 radical (unpaired) electrons. The highest BCUT2D eigenvalue weighted by Crippen LogP contribution is 2.06. The van der Waals surface area contributed by atoms with E-state index in [-0.39, 0.29) is 12.6 Å². The third kappa shape index (κ3) is 2.03. The Kier molecular flexibility index (Phi) is 2.76. The number of aromatic nitrogens is 2. The van der Waals surface area contributed by atoms with Crippen molar-refractivity contribution < 1.29 is 10.0 Å². The second-order valence-electron chi connectivity index (χ2n) is 2.32. The number of aliphatic hydroxyl groups is 1. The van der Waals surface area contributed by atoms with Crippen LogP contribution >= 0.6 is 0 Å². The normalized spacial score (nSPS) is 10.1. The number of nitrogens with one attached hydrogen (secondary N) is 1. The molecule has 0 aromatic carbocycles. The van der Waals surface area contributed by atoms with Crippen LogP contribution in [0, 0.1) is 10.1 Å². The zero-order valence-electron chi connectivity index (χ0n) is 6.36. The standard InChI is InChI=1S/C6H9N3O3/c10-3-1-2-5-4-7-6(8-5)9(11)12/h4,10H,1-3H2,(H,7,8). The van der Waals surface area contributed by atoms with Crippen molar-refractivity contribution in [2.24, 2.45) is 0 Å². The van der Waals surface area contributed by atoms with Crippen LogP contribution < -0.4 is 0 Å². The summed E-state index contributed by atoms with van der Waals surface area (Å²) in [5.74, 6) is -0.247. The molecule has 0 fully saturated rings. The Morgan fingerprint density at radius 2 is 2.50 bits per heavy atom. The van der Waals surface area contributed by atoms with Crippen molar-refractivity contribution in [2.45, 2.75) is 12.8 Å². The van der Waals surface area contributed by atoms with Crippen molar-refractivity contribution in [1.29, 1.82) is 0 Å². The van der Waals surface area contributed by atoms with Gasteiger partial charge in [0, 0.05) is 13.0 Å². The first kappa shape index (κ1) is 8.66. The lowest BCUT2D eigenvalue weighted by atomic mass is 10.3. The lowest BCUT2D eigenvalue weighted by Crippen LogP contribution is -1.92. The maximum Gasteiger partial charge on any atom is 0.432 e. The first-order chi connectivity index (χ1) is 5.74. The van der Waals surface area contributed by atoms with Crippen LogP contribution in [0.5, 0.6) is 0 Å². The summed E-state index contributed by atoms with van der Waals surface area (Å²) in [6.07, 6.45) is 2.57. The molecule has 1 heterocycles. The van der Waals surface area contributed by atoms with E-state index < -0.39 is 4.92 Å². The zero-order chi connectivity index (χ0) is 8.97. The van der Waals surface area contributed by atoms with Crippen molar-refractivity contribution in [3.8, 4) is 0 Å². The molecule has 0 unspecified atom stereocenters. The summed E-state index contributed by atoms with van der Waals surface area (Å²) in [7, 11) is 0. The van der Waals surface area contributed by atoms with E-state index in [1.54, 1.807) is 0 Å². The van der Waals surface area contributed by atoms with E-state index in [1.807, 2.05) is 0 Å². The van der Waals surface area contributed by atoms with Gasteiger partial charge in [-0.25, -0.2) is 4.98 Å². The average molecular weight is 171 g/mol. The molecule has 0 atom stereocenters. The smallest absolute Gasteiger partial charge is 0.396 e. The van der Waals surface area contributed by atoms with Crippen molar-refractivity contribution >= 4 is 5.95 Å². The third-order valence-electron chi connectivity index (χ3n) is 1.39. The number of aromatic amines is 1. The Balaban J connectivity index is 2.58. The molecule has 0 spiro atoms. The first-order valence-electron chi connectivity index (χ1n) is 3.53. The van der Waals surface area contributed by atoms with E-state index in [0.717, 1.165) is 0 Å². The van der Waals surface area contributed by atoms with Gasteiger partial charge in [0.2, 0.25) is 0 Å². The third-order valence-corrected chi connectivity index (χ3v) is 1.39. The van der Waals surface area contributed by atoms with E-state index in [0.29, 0.717) is 18.5 Å². The fraction of sp³-hybridized carbons (Fsp3) is 0.500. The number of rotatable bonds is 4. The Labute approximate surface area is 68.4 Å². The maximum atomic E-state index is 10.2. The summed E-state index contributed by atoms with van der Waals surface area (Å²) in [6, 6.07) is 0. The van der Waals surface area contributed by atoms with Crippen LogP contribution in [0.3, 0.4) is 0 Å². The van der Waals surface area contributed by atoms with Gasteiger partial charge >= 0.3 is 5.95 Å². The van der Waals surface area contributed by atoms with E-state index in [9.17, 15) is 10.1 Å². The van der Waals surface area contributed by atoms with Gasteiger partial charge in [0.15, 0.2) is 0 Å². The van der Waals surface area contributed by atoms with Crippen molar-refractivity contribution in [3.05, 3.63) is 22.0 Å². The molecule has 0 bridgehead atoms. The monoisotopic (exact) mass is 171 g/mol. The molecular weight excluding hydrogens is 162 g/mol. The van der Waals surface area contributed by atoms with Crippen molar-refractivity contribution in [3.63, 3.8) is 0 Å². The molecule has 2 N–H and O–H groups in total. The Morgan fingerprint density at radius 1 is 1.75 bits per heavy atom. The molecule has 0 amide bonds. The van der Waals surface area contributed by atoms with Gasteiger partial charge < -0.3 is 15.2 Å². The number of aliphatic hydroxyl groups excluding tert-OH is 1. The van der Waals surface area contributed by atoms with Gasteiger partial charge in [-0.3, -0.25) is 0 Å². The maximum absolute atomic E-state index is 10.2. The minimum Gasteiger partial charge on any atom is -0.396 e. The minimum atomic E-state index is -0.581. The van der Waals surface area contributed by atoms with Gasteiger partial charge in [-0.15, -0.1) is 0 Å². The molecule has 0 saturated heterocycles. The predicted molar refractivity (Wildman–Crippen MR) is 40.6 cm³/mol. The number of nitro groups is 1. The van der Waals surface area contributed by atoms with Gasteiger partial charge in [-0.05, 0) is 11.3 Å². The largest absolute Gasteiger partial charge is 0.432 e. The molecule has 66 valence electrons. The molecule has 12 heavy (non-hydrogen) atoms. The fourth-order valence-corrected chi connectivity index (χ4v) is 0.837. The van der Waals surface area contributed by atoms with E-state index in [2.05, 4.69) is 9.97 Å². The second kappa shape index (κ2) is 3.82. The molecular formula is C6H9N3O3. The Morgan fingerprint density at radius 3 is 3.00 bits per heavy atom. The van der Waals surface area contributed by atoms with E-state index >= 15 is 0 Å². The molecule has 0 aliphatic rings. The van der Waals surface area contributed by atoms with Crippen LogP contribution in [0.2, 0.25) is 0 Å². The number of hydrogen-bond acceptors (Lipinski definition) is 4. The summed E-state index contributed by atoms with van der Waals surface area (Å²) in [5, 5.41) is 18.6. The van der Waals surface area contributed by atoms with Crippen LogP contribution in [-0.2, 0) is 6.42 Å². The molecule has 1 aromatic rings. The minimum absolute atomic E-state index is 0.0762. The number of H-pyrrole nitrogens is 1. The Bertz CT molecular complexity index is 271. The molecule has 1 rings (SSSR count). The molecule has 6 heteroatoms. The van der Waals surface area contributed by atoms with Crippen LogP contribution in [-0.4, -0.2) is 26.6 Å². The van der Waals surface area contributed by atoms with Crippen molar-refractivity contribution in [2.75, 3.05) is 6.61 Å². The number of imidazole rings is 1. The lowest BCUT2D eigenvalue weighted by Gasteiger charge is -1.89. The van der Waals surface area contributed by atoms with Gasteiger partial charge in [-0.2, -0.15) is 0 Å². The van der Waals surface area contributed by atoms with Gasteiger partial charge in [0.1, 0.15) is 11.9 Å². The Hall–Kier alpha value is -1.43. The summed E-state index contributed by atoms with van der Waals surface area (Å²) in [4.78, 5) is 15.6. The van der Waals surface area contributed by atoms with Gasteiger partial charge in [0.05, 0.1) is 0 Å². The number of aryl methyl sites for hydroxylation is 1. The number of hydrogen-bond donors (Lipinski definition) is 2. The summed E-state index contributed by atoms with van der Waals surface area (Å²) >= 11 is 0. The highest BCUT2D eigenvalue weighted by molar-refractivity contribution is 5.10. The second-order valence-corrected chi connectivity index (χ2v) is 2.32. The molecule has 1 aromatic heterocycles. The average Bonchev–Trinajstić information content (AvgIpc) is 2.48. The molecule has 0 aliphatic heterocycles. The van der Waals surface area contributed by atoms with Crippen molar-refractivity contribution in [1.82, 2.24) is 9.97 Å². The first-order valence-corrected chi connectivity index (χ1v) is 3.53. The SMILES string of the molecule is O=[N+]([O-])c1ncc(CCCO)[nH]1. The molecule has 0 saturated carbocycles. The predicted octanol–water partition coefficient (Wildman–Crippen LogP) is 0.243. The van der Waals surface area contributed by atoms with E-state index in [4.69, 9.17) is 5.11 Å². The summed E-state index contributed by atoms with van der Waals surface area (Å²) in [6.45, 7) is 0.0762. The fourth-order valence-electron chi connectivity index (χ4n) is 0.837. The quantitative estimate of drug-likeness (QED) is 0.501. The van der Waals surface area contributed by atoms with Gasteiger partial charge in [0.25, 0.3) is 0 Å². The molecule has 6 nitrogen and oxygen atoms in total. The van der Waals surface area contributed by atoms with Crippen LogP contribution in [0.25, 0.3) is 0 Å². The zero-order valence-corrected chi connectivity index (χ0v) is 6.36. The van der Waals surface area contributed by atoms with Crippen LogP contribution in [0.15, 0.2) is 6.20 Å². The topological polar surface area (TPSA) is 92.1 Å². The molecule has 0 aliphatic carbocycles. The summed E-state index contributed by atoms with van der Waals surface area (Å²) < 4.78 is 0. The van der Waals surface area contributed by atoms with Crippen LogP contribution in [0.4, 0.5) is 5.95 Å².